The van der Waals surface area contributed by atoms with Gasteiger partial charge in [-0.25, -0.2) is 14.8 Å². The molecule has 9 heteroatoms. The summed E-state index contributed by atoms with van der Waals surface area (Å²) in [5.41, 5.74) is 3.17. The maximum atomic E-state index is 11.1. The maximum Gasteiger partial charge on any atom is 0.407 e. The van der Waals surface area contributed by atoms with Gasteiger partial charge in [0.05, 0.1) is 28.3 Å². The number of halogens is 1. The quantitative estimate of drug-likeness (QED) is 0.624. The number of alkyl carbamates (subject to hydrolysis) is 1. The monoisotopic (exact) mass is 347 g/mol. The van der Waals surface area contributed by atoms with Crippen LogP contribution >= 0.6 is 11.6 Å². The lowest BCUT2D eigenvalue weighted by molar-refractivity contribution is 0.141. The first-order valence-corrected chi connectivity index (χ1v) is 7.59. The van der Waals surface area contributed by atoms with Crippen molar-refractivity contribution < 1.29 is 14.6 Å². The minimum absolute atomic E-state index is 0.102. The summed E-state index contributed by atoms with van der Waals surface area (Å²) < 4.78 is 4.99. The standard InChI is InChI=1S/C15H14ClN5O3/c1-17-15(23)24-7-9-4-12-10(18-9)2-3-11(20-12)14-19-8(6-16)5-13(22)21-14/h2-5,18H,6-7H2,1H3,(H,17,23)(H,19,21,22). The van der Waals surface area contributed by atoms with Gasteiger partial charge in [-0.1, -0.05) is 0 Å². The van der Waals surface area contributed by atoms with Crippen molar-refractivity contribution in [3.05, 3.63) is 35.7 Å². The molecular formula is C15H14ClN5O3. The van der Waals surface area contributed by atoms with Gasteiger partial charge in [-0.05, 0) is 18.2 Å². The molecule has 3 aromatic rings. The van der Waals surface area contributed by atoms with Gasteiger partial charge in [-0.3, -0.25) is 0 Å². The Morgan fingerprint density at radius 2 is 2.17 bits per heavy atom. The summed E-state index contributed by atoms with van der Waals surface area (Å²) in [5.74, 6) is 0.291. The van der Waals surface area contributed by atoms with Crippen molar-refractivity contribution >= 4 is 28.7 Å². The number of hydrogen-bond acceptors (Lipinski definition) is 6. The second kappa shape index (κ2) is 6.71. The number of fused-ring (bicyclic) bond motifs is 1. The van der Waals surface area contributed by atoms with Gasteiger partial charge in [-0.2, -0.15) is 4.98 Å². The first-order chi connectivity index (χ1) is 11.6. The van der Waals surface area contributed by atoms with E-state index in [4.69, 9.17) is 16.3 Å². The Morgan fingerprint density at radius 3 is 2.92 bits per heavy atom. The second-order valence-corrected chi connectivity index (χ2v) is 5.19. The van der Waals surface area contributed by atoms with E-state index in [1.807, 2.05) is 6.07 Å². The Hall–Kier alpha value is -2.87. The van der Waals surface area contributed by atoms with Gasteiger partial charge in [0.1, 0.15) is 12.3 Å². The number of H-pyrrole nitrogens is 1. The highest BCUT2D eigenvalue weighted by Gasteiger charge is 2.10. The van der Waals surface area contributed by atoms with Crippen LogP contribution in [-0.4, -0.2) is 38.2 Å². The van der Waals surface area contributed by atoms with Crippen LogP contribution in [0.2, 0.25) is 0 Å². The highest BCUT2D eigenvalue weighted by atomic mass is 35.5. The average Bonchev–Trinajstić information content (AvgIpc) is 3.00. The third kappa shape index (κ3) is 3.38. The molecule has 0 aliphatic carbocycles. The lowest BCUT2D eigenvalue weighted by Crippen LogP contribution is -2.18. The molecule has 0 bridgehead atoms. The van der Waals surface area contributed by atoms with Gasteiger partial charge in [0.2, 0.25) is 5.88 Å². The zero-order valence-corrected chi connectivity index (χ0v) is 13.5. The van der Waals surface area contributed by atoms with Crippen molar-refractivity contribution in [1.82, 2.24) is 25.3 Å². The Morgan fingerprint density at radius 1 is 1.33 bits per heavy atom. The number of pyridine rings is 1. The van der Waals surface area contributed by atoms with Crippen molar-refractivity contribution in [2.45, 2.75) is 12.5 Å². The molecular weight excluding hydrogens is 334 g/mol. The van der Waals surface area contributed by atoms with Crippen LogP contribution in [0.4, 0.5) is 4.79 Å². The van der Waals surface area contributed by atoms with E-state index in [1.165, 1.54) is 13.1 Å². The predicted molar refractivity (Wildman–Crippen MR) is 87.6 cm³/mol. The molecule has 0 unspecified atom stereocenters. The molecule has 24 heavy (non-hydrogen) atoms. The number of carbonyl (C=O) groups is 1. The van der Waals surface area contributed by atoms with E-state index in [2.05, 4.69) is 25.3 Å². The Labute approximate surface area is 141 Å². The molecule has 3 heterocycles. The summed E-state index contributed by atoms with van der Waals surface area (Å²) >= 11 is 5.76. The van der Waals surface area contributed by atoms with E-state index in [9.17, 15) is 9.90 Å². The molecule has 8 nitrogen and oxygen atoms in total. The molecule has 0 saturated carbocycles. The van der Waals surface area contributed by atoms with E-state index < -0.39 is 6.09 Å². The number of amides is 1. The zero-order valence-electron chi connectivity index (χ0n) is 12.7. The van der Waals surface area contributed by atoms with Crippen LogP contribution in [0.15, 0.2) is 24.3 Å². The van der Waals surface area contributed by atoms with Gasteiger partial charge in [0, 0.05) is 13.1 Å². The molecule has 3 aromatic heterocycles. The van der Waals surface area contributed by atoms with Gasteiger partial charge in [0.25, 0.3) is 0 Å². The molecule has 3 rings (SSSR count). The van der Waals surface area contributed by atoms with Crippen molar-refractivity contribution in [2.24, 2.45) is 0 Å². The van der Waals surface area contributed by atoms with Gasteiger partial charge in [-0.15, -0.1) is 11.6 Å². The molecule has 0 aromatic carbocycles. The fourth-order valence-electron chi connectivity index (χ4n) is 2.15. The molecule has 0 aliphatic rings. The van der Waals surface area contributed by atoms with E-state index in [0.717, 1.165) is 5.52 Å². The summed E-state index contributed by atoms with van der Waals surface area (Å²) in [6, 6.07) is 6.72. The van der Waals surface area contributed by atoms with E-state index in [0.29, 0.717) is 22.6 Å². The first-order valence-electron chi connectivity index (χ1n) is 7.05. The number of nitrogens with zero attached hydrogens (tertiary/aromatic N) is 3. The molecule has 0 spiro atoms. The van der Waals surface area contributed by atoms with Crippen LogP contribution in [0.1, 0.15) is 11.4 Å². The van der Waals surface area contributed by atoms with Crippen molar-refractivity contribution in [3.63, 3.8) is 0 Å². The van der Waals surface area contributed by atoms with Crippen LogP contribution in [0, 0.1) is 0 Å². The lowest BCUT2D eigenvalue weighted by Gasteiger charge is -2.02. The Kier molecular flexibility index (Phi) is 4.48. The van der Waals surface area contributed by atoms with Gasteiger partial charge < -0.3 is 20.1 Å². The van der Waals surface area contributed by atoms with E-state index in [1.54, 1.807) is 12.1 Å². The molecule has 1 amide bonds. The first kappa shape index (κ1) is 16.0. The molecule has 0 aliphatic heterocycles. The van der Waals surface area contributed by atoms with E-state index in [-0.39, 0.29) is 24.2 Å². The minimum Gasteiger partial charge on any atom is -0.493 e. The summed E-state index contributed by atoms with van der Waals surface area (Å²) in [6.45, 7) is 0.102. The normalized spacial score (nSPS) is 10.8. The smallest absolute Gasteiger partial charge is 0.407 e. The van der Waals surface area contributed by atoms with Gasteiger partial charge in [0.15, 0.2) is 5.82 Å². The van der Waals surface area contributed by atoms with E-state index >= 15 is 0 Å². The number of rotatable bonds is 4. The summed E-state index contributed by atoms with van der Waals surface area (Å²) in [5, 5.41) is 12.0. The maximum absolute atomic E-state index is 11.1. The molecule has 124 valence electrons. The number of alkyl halides is 1. The van der Waals surface area contributed by atoms with Crippen molar-refractivity contribution in [1.29, 1.82) is 0 Å². The summed E-state index contributed by atoms with van der Waals surface area (Å²) in [4.78, 5) is 26.9. The number of ether oxygens (including phenoxy) is 1. The number of nitrogens with one attached hydrogen (secondary N) is 2. The molecule has 0 radical (unpaired) electrons. The number of aromatic amines is 1. The number of hydrogen-bond donors (Lipinski definition) is 3. The molecule has 3 N–H and O–H groups in total. The topological polar surface area (TPSA) is 113 Å². The lowest BCUT2D eigenvalue weighted by atomic mass is 10.3. The Bertz CT molecular complexity index is 896. The van der Waals surface area contributed by atoms with Crippen LogP contribution in [0.5, 0.6) is 5.88 Å². The fraction of sp³-hybridized carbons (Fsp3) is 0.200. The highest BCUT2D eigenvalue weighted by molar-refractivity contribution is 6.16. The molecule has 0 fully saturated rings. The van der Waals surface area contributed by atoms with Crippen LogP contribution in [0.25, 0.3) is 22.6 Å². The number of aromatic hydroxyl groups is 1. The Balaban J connectivity index is 1.91. The van der Waals surface area contributed by atoms with Crippen LogP contribution < -0.4 is 5.32 Å². The summed E-state index contributed by atoms with van der Waals surface area (Å²) in [7, 11) is 1.49. The zero-order chi connectivity index (χ0) is 17.1. The van der Waals surface area contributed by atoms with Crippen LogP contribution in [-0.2, 0) is 17.2 Å². The average molecular weight is 348 g/mol. The van der Waals surface area contributed by atoms with Crippen molar-refractivity contribution in [3.8, 4) is 17.4 Å². The molecule has 0 saturated heterocycles. The van der Waals surface area contributed by atoms with Crippen LogP contribution in [0.3, 0.4) is 0 Å². The molecule has 0 atom stereocenters. The predicted octanol–water partition coefficient (Wildman–Crippen LogP) is 2.32. The third-order valence-corrected chi connectivity index (χ3v) is 3.50. The SMILES string of the molecule is CNC(=O)OCc1cc2nc(-c3nc(O)cc(CCl)n3)ccc2[nH]1. The number of aromatic nitrogens is 4. The fourth-order valence-corrected chi connectivity index (χ4v) is 2.29. The third-order valence-electron chi connectivity index (χ3n) is 3.23. The van der Waals surface area contributed by atoms with Crippen molar-refractivity contribution in [2.75, 3.05) is 7.05 Å². The largest absolute Gasteiger partial charge is 0.493 e. The number of carbonyl (C=O) groups excluding carboxylic acids is 1. The minimum atomic E-state index is -0.510. The highest BCUT2D eigenvalue weighted by Crippen LogP contribution is 2.21. The second-order valence-electron chi connectivity index (χ2n) is 4.92. The summed E-state index contributed by atoms with van der Waals surface area (Å²) in [6.07, 6.45) is -0.510. The van der Waals surface area contributed by atoms with Gasteiger partial charge >= 0.3 is 6.09 Å².